The van der Waals surface area contributed by atoms with E-state index in [9.17, 15) is 4.79 Å². The Morgan fingerprint density at radius 2 is 2.25 bits per heavy atom. The number of amides is 2. The first-order valence-corrected chi connectivity index (χ1v) is 6.63. The van der Waals surface area contributed by atoms with E-state index in [0.717, 1.165) is 0 Å². The molecule has 5 nitrogen and oxygen atoms in total. The van der Waals surface area contributed by atoms with E-state index in [1.54, 1.807) is 24.1 Å². The smallest absolute Gasteiger partial charge is 0.321 e. The van der Waals surface area contributed by atoms with Crippen molar-refractivity contribution in [2.24, 2.45) is 5.92 Å². The summed E-state index contributed by atoms with van der Waals surface area (Å²) in [7, 11) is 1.58. The number of hydrogen-bond donors (Lipinski definition) is 1. The molecule has 0 aliphatic carbocycles. The van der Waals surface area contributed by atoms with Crippen LogP contribution in [0.5, 0.6) is 5.75 Å². The Balaban J connectivity index is 2.71. The van der Waals surface area contributed by atoms with Gasteiger partial charge in [-0.1, -0.05) is 19.9 Å². The lowest BCUT2D eigenvalue weighted by Crippen LogP contribution is -2.38. The molecule has 0 radical (unpaired) electrons. The van der Waals surface area contributed by atoms with E-state index in [4.69, 9.17) is 10.00 Å². The molecule has 0 aromatic heterocycles. The van der Waals surface area contributed by atoms with Gasteiger partial charge >= 0.3 is 6.03 Å². The highest BCUT2D eigenvalue weighted by Gasteiger charge is 2.14. The Hall–Kier alpha value is -2.22. The van der Waals surface area contributed by atoms with E-state index < -0.39 is 0 Å². The number of ether oxygens (including phenoxy) is 1. The van der Waals surface area contributed by atoms with Crippen molar-refractivity contribution in [1.82, 2.24) is 4.90 Å². The van der Waals surface area contributed by atoms with Crippen LogP contribution in [0, 0.1) is 17.2 Å². The molecular formula is C15H21N3O2. The van der Waals surface area contributed by atoms with Crippen molar-refractivity contribution < 1.29 is 9.53 Å². The van der Waals surface area contributed by atoms with Crippen LogP contribution in [-0.2, 0) is 0 Å². The molecule has 0 saturated heterocycles. The van der Waals surface area contributed by atoms with Gasteiger partial charge in [0.15, 0.2) is 0 Å². The van der Waals surface area contributed by atoms with Gasteiger partial charge in [-0.25, -0.2) is 4.79 Å². The van der Waals surface area contributed by atoms with E-state index in [2.05, 4.69) is 11.4 Å². The third-order valence-corrected chi connectivity index (χ3v) is 2.69. The topological polar surface area (TPSA) is 65.4 Å². The van der Waals surface area contributed by atoms with Gasteiger partial charge in [0.1, 0.15) is 5.75 Å². The number of methoxy groups -OCH3 is 1. The molecule has 0 spiro atoms. The van der Waals surface area contributed by atoms with Crippen LogP contribution in [-0.4, -0.2) is 31.1 Å². The minimum Gasteiger partial charge on any atom is -0.497 e. The molecule has 0 atom stereocenters. The van der Waals surface area contributed by atoms with Crippen molar-refractivity contribution in [3.63, 3.8) is 0 Å². The molecule has 1 aromatic rings. The number of carbonyl (C=O) groups excluding carboxylic acids is 1. The molecule has 5 heteroatoms. The van der Waals surface area contributed by atoms with Crippen LogP contribution in [0.4, 0.5) is 10.5 Å². The molecule has 20 heavy (non-hydrogen) atoms. The van der Waals surface area contributed by atoms with Gasteiger partial charge in [0.25, 0.3) is 0 Å². The predicted molar refractivity (Wildman–Crippen MR) is 78.7 cm³/mol. The molecule has 0 saturated carbocycles. The highest BCUT2D eigenvalue weighted by molar-refractivity contribution is 5.89. The fourth-order valence-corrected chi connectivity index (χ4v) is 1.80. The van der Waals surface area contributed by atoms with Crippen LogP contribution >= 0.6 is 0 Å². The fourth-order valence-electron chi connectivity index (χ4n) is 1.80. The summed E-state index contributed by atoms with van der Waals surface area (Å²) in [5, 5.41) is 11.5. The fraction of sp³-hybridized carbons (Fsp3) is 0.467. The summed E-state index contributed by atoms with van der Waals surface area (Å²) in [6.45, 7) is 5.14. The average Bonchev–Trinajstić information content (AvgIpc) is 2.43. The zero-order chi connectivity index (χ0) is 15.0. The van der Waals surface area contributed by atoms with Gasteiger partial charge in [0.2, 0.25) is 0 Å². The largest absolute Gasteiger partial charge is 0.497 e. The summed E-state index contributed by atoms with van der Waals surface area (Å²) in [4.78, 5) is 13.9. The minimum absolute atomic E-state index is 0.192. The van der Waals surface area contributed by atoms with E-state index in [0.29, 0.717) is 36.9 Å². The zero-order valence-electron chi connectivity index (χ0n) is 12.2. The van der Waals surface area contributed by atoms with E-state index in [-0.39, 0.29) is 6.03 Å². The lowest BCUT2D eigenvalue weighted by molar-refractivity contribution is 0.206. The monoisotopic (exact) mass is 275 g/mol. The molecule has 0 aliphatic rings. The van der Waals surface area contributed by atoms with Crippen LogP contribution in [0.3, 0.4) is 0 Å². The quantitative estimate of drug-likeness (QED) is 0.867. The standard InChI is InChI=1S/C15H21N3O2/c1-12(2)11-18(9-5-8-16)15(19)17-13-6-4-7-14(10-13)20-3/h4,6-7,10,12H,5,9,11H2,1-3H3,(H,17,19). The second kappa shape index (κ2) is 8.05. The lowest BCUT2D eigenvalue weighted by atomic mass is 10.2. The first-order valence-electron chi connectivity index (χ1n) is 6.63. The number of urea groups is 1. The third kappa shape index (κ3) is 5.19. The lowest BCUT2D eigenvalue weighted by Gasteiger charge is -2.24. The number of nitrogens with one attached hydrogen (secondary N) is 1. The summed E-state index contributed by atoms with van der Waals surface area (Å²) in [5.74, 6) is 1.04. The predicted octanol–water partition coefficient (Wildman–Crippen LogP) is 3.10. The number of rotatable bonds is 6. The zero-order valence-corrected chi connectivity index (χ0v) is 12.2. The van der Waals surface area contributed by atoms with Crippen LogP contribution in [0.2, 0.25) is 0 Å². The average molecular weight is 275 g/mol. The Morgan fingerprint density at radius 3 is 2.85 bits per heavy atom. The van der Waals surface area contributed by atoms with E-state index in [1.807, 2.05) is 26.0 Å². The van der Waals surface area contributed by atoms with Crippen molar-refractivity contribution in [1.29, 1.82) is 5.26 Å². The first kappa shape index (κ1) is 15.8. The van der Waals surface area contributed by atoms with Crippen LogP contribution < -0.4 is 10.1 Å². The second-order valence-electron chi connectivity index (χ2n) is 4.91. The molecule has 0 fully saturated rings. The Kier molecular flexibility index (Phi) is 6.38. The Bertz CT molecular complexity index is 480. The first-order chi connectivity index (χ1) is 9.56. The number of carbonyl (C=O) groups is 1. The number of nitriles is 1. The highest BCUT2D eigenvalue weighted by Crippen LogP contribution is 2.17. The number of nitrogens with zero attached hydrogens (tertiary/aromatic N) is 2. The number of anilines is 1. The molecular weight excluding hydrogens is 254 g/mol. The molecule has 1 rings (SSSR count). The Morgan fingerprint density at radius 1 is 1.50 bits per heavy atom. The van der Waals surface area contributed by atoms with Crippen molar-refractivity contribution in [3.8, 4) is 11.8 Å². The molecule has 2 amide bonds. The minimum atomic E-state index is -0.192. The van der Waals surface area contributed by atoms with Gasteiger partial charge in [-0.15, -0.1) is 0 Å². The summed E-state index contributed by atoms with van der Waals surface area (Å²) in [6.07, 6.45) is 0.332. The highest BCUT2D eigenvalue weighted by atomic mass is 16.5. The summed E-state index contributed by atoms with van der Waals surface area (Å²) >= 11 is 0. The van der Waals surface area contributed by atoms with Crippen molar-refractivity contribution in [2.45, 2.75) is 20.3 Å². The molecule has 0 unspecified atom stereocenters. The van der Waals surface area contributed by atoms with Crippen LogP contribution in [0.1, 0.15) is 20.3 Å². The molecule has 0 aliphatic heterocycles. The molecule has 1 N–H and O–H groups in total. The summed E-state index contributed by atoms with van der Waals surface area (Å²) in [6, 6.07) is 9.07. The molecule has 1 aromatic carbocycles. The maximum atomic E-state index is 12.2. The van der Waals surface area contributed by atoms with Gasteiger partial charge in [0, 0.05) is 24.8 Å². The number of benzene rings is 1. The Labute approximate surface area is 120 Å². The molecule has 108 valence electrons. The van der Waals surface area contributed by atoms with E-state index in [1.165, 1.54) is 0 Å². The van der Waals surface area contributed by atoms with Gasteiger partial charge in [0.05, 0.1) is 19.6 Å². The third-order valence-electron chi connectivity index (χ3n) is 2.69. The van der Waals surface area contributed by atoms with Gasteiger partial charge in [-0.3, -0.25) is 0 Å². The summed E-state index contributed by atoms with van der Waals surface area (Å²) < 4.78 is 5.12. The molecule has 0 bridgehead atoms. The summed E-state index contributed by atoms with van der Waals surface area (Å²) in [5.41, 5.74) is 0.681. The van der Waals surface area contributed by atoms with E-state index >= 15 is 0 Å². The normalized spacial score (nSPS) is 9.95. The molecule has 0 heterocycles. The van der Waals surface area contributed by atoms with Crippen molar-refractivity contribution in [3.05, 3.63) is 24.3 Å². The van der Waals surface area contributed by atoms with Crippen LogP contribution in [0.25, 0.3) is 0 Å². The van der Waals surface area contributed by atoms with Gasteiger partial charge in [-0.2, -0.15) is 5.26 Å². The second-order valence-corrected chi connectivity index (χ2v) is 4.91. The van der Waals surface area contributed by atoms with Crippen LogP contribution in [0.15, 0.2) is 24.3 Å². The van der Waals surface area contributed by atoms with Gasteiger partial charge < -0.3 is 15.0 Å². The SMILES string of the molecule is COc1cccc(NC(=O)N(CCC#N)CC(C)C)c1. The van der Waals surface area contributed by atoms with Crippen molar-refractivity contribution >= 4 is 11.7 Å². The van der Waals surface area contributed by atoms with Gasteiger partial charge in [-0.05, 0) is 18.1 Å². The maximum absolute atomic E-state index is 12.2. The number of hydrogen-bond acceptors (Lipinski definition) is 3. The maximum Gasteiger partial charge on any atom is 0.321 e. The van der Waals surface area contributed by atoms with Crippen molar-refractivity contribution in [2.75, 3.05) is 25.5 Å².